The second kappa shape index (κ2) is 6.39. The van der Waals surface area contributed by atoms with Crippen LogP contribution in [0.15, 0.2) is 52.9 Å². The molecule has 0 unspecified atom stereocenters. The van der Waals surface area contributed by atoms with Crippen molar-refractivity contribution in [2.75, 3.05) is 11.9 Å². The Labute approximate surface area is 142 Å². The molecule has 4 nitrogen and oxygen atoms in total. The van der Waals surface area contributed by atoms with E-state index in [2.05, 4.69) is 0 Å². The van der Waals surface area contributed by atoms with E-state index in [1.54, 1.807) is 7.05 Å². The molecule has 0 bridgehead atoms. The van der Waals surface area contributed by atoms with Gasteiger partial charge in [0, 0.05) is 18.3 Å². The second-order valence-electron chi connectivity index (χ2n) is 5.60. The van der Waals surface area contributed by atoms with Gasteiger partial charge in [0.05, 0.1) is 0 Å². The first-order valence-corrected chi connectivity index (χ1v) is 7.50. The van der Waals surface area contributed by atoms with Gasteiger partial charge in [-0.15, -0.1) is 0 Å². The lowest BCUT2D eigenvalue weighted by atomic mass is 10.1. The van der Waals surface area contributed by atoms with Gasteiger partial charge in [-0.05, 0) is 42.8 Å². The number of nitrogens with zero attached hydrogens (tertiary/aromatic N) is 1. The van der Waals surface area contributed by atoms with E-state index < -0.39 is 17.4 Å². The first kappa shape index (κ1) is 16.7. The van der Waals surface area contributed by atoms with Crippen molar-refractivity contribution in [1.29, 1.82) is 0 Å². The van der Waals surface area contributed by atoms with Crippen molar-refractivity contribution in [2.24, 2.45) is 0 Å². The lowest BCUT2D eigenvalue weighted by Gasteiger charge is -2.18. The van der Waals surface area contributed by atoms with E-state index >= 15 is 0 Å². The van der Waals surface area contributed by atoms with Gasteiger partial charge in [0.1, 0.15) is 5.76 Å². The molecule has 1 aromatic heterocycles. The third-order valence-corrected chi connectivity index (χ3v) is 3.90. The highest BCUT2D eigenvalue weighted by Gasteiger charge is 2.20. The van der Waals surface area contributed by atoms with E-state index in [-0.39, 0.29) is 23.0 Å². The van der Waals surface area contributed by atoms with Crippen LogP contribution >= 0.6 is 0 Å². The largest absolute Gasteiger partial charge is 0.503 e. The molecule has 128 valence electrons. The molecule has 1 heterocycles. The van der Waals surface area contributed by atoms with Crippen LogP contribution in [-0.4, -0.2) is 18.1 Å². The number of aryl methyl sites for hydroxylation is 1. The van der Waals surface area contributed by atoms with Crippen molar-refractivity contribution >= 4 is 11.6 Å². The Kier molecular flexibility index (Phi) is 4.27. The fourth-order valence-electron chi connectivity index (χ4n) is 2.53. The predicted molar refractivity (Wildman–Crippen MR) is 89.6 cm³/mol. The Hall–Kier alpha value is -3.15. The lowest BCUT2D eigenvalue weighted by molar-refractivity contribution is 0.0967. The fraction of sp³-hybridized carbons (Fsp3) is 0.105. The number of benzene rings is 2. The van der Waals surface area contributed by atoms with E-state index in [0.29, 0.717) is 0 Å². The number of carbonyl (C=O) groups excluding carboxylic acids is 1. The summed E-state index contributed by atoms with van der Waals surface area (Å²) in [4.78, 5) is 14.0. The Bertz CT molecular complexity index is 926. The Balaban J connectivity index is 1.91. The number of amides is 1. The van der Waals surface area contributed by atoms with Crippen molar-refractivity contribution in [1.82, 2.24) is 0 Å². The van der Waals surface area contributed by atoms with Crippen LogP contribution in [0.1, 0.15) is 16.1 Å². The topological polar surface area (TPSA) is 53.7 Å². The zero-order valence-corrected chi connectivity index (χ0v) is 13.6. The van der Waals surface area contributed by atoms with E-state index in [1.807, 2.05) is 31.2 Å². The van der Waals surface area contributed by atoms with E-state index in [0.717, 1.165) is 23.4 Å². The van der Waals surface area contributed by atoms with Crippen LogP contribution in [0.5, 0.6) is 5.75 Å². The third kappa shape index (κ3) is 3.10. The van der Waals surface area contributed by atoms with Gasteiger partial charge >= 0.3 is 0 Å². The number of aromatic hydroxyl groups is 1. The highest BCUT2D eigenvalue weighted by atomic mass is 19.1. The monoisotopic (exact) mass is 343 g/mol. The second-order valence-corrected chi connectivity index (χ2v) is 5.60. The number of para-hydroxylation sites is 1. The zero-order valence-electron chi connectivity index (χ0n) is 13.6. The molecule has 1 amide bonds. The maximum atomic E-state index is 13.5. The van der Waals surface area contributed by atoms with Crippen molar-refractivity contribution < 1.29 is 23.1 Å². The van der Waals surface area contributed by atoms with E-state index in [9.17, 15) is 13.6 Å². The number of hydrogen-bond acceptors (Lipinski definition) is 3. The summed E-state index contributed by atoms with van der Waals surface area (Å²) in [6, 6.07) is 12.2. The van der Waals surface area contributed by atoms with Crippen molar-refractivity contribution in [3.63, 3.8) is 0 Å². The van der Waals surface area contributed by atoms with Gasteiger partial charge in [0.15, 0.2) is 23.1 Å². The number of furan rings is 1. The normalized spacial score (nSPS) is 10.7. The molecule has 0 aliphatic carbocycles. The molecule has 0 aliphatic heterocycles. The summed E-state index contributed by atoms with van der Waals surface area (Å²) >= 11 is 0. The SMILES string of the molecule is Cc1ccccc1N(C)C(=O)c1ccc(-c2cc(F)c(O)c(F)c2)o1. The molecule has 0 atom stereocenters. The Morgan fingerprint density at radius 3 is 2.36 bits per heavy atom. The summed E-state index contributed by atoms with van der Waals surface area (Å²) in [6.07, 6.45) is 0. The molecular formula is C19H15F2NO3. The van der Waals surface area contributed by atoms with E-state index in [4.69, 9.17) is 9.52 Å². The molecule has 0 fully saturated rings. The van der Waals surface area contributed by atoms with E-state index in [1.165, 1.54) is 17.0 Å². The molecule has 0 spiro atoms. The highest BCUT2D eigenvalue weighted by molar-refractivity contribution is 6.04. The molecule has 0 saturated carbocycles. The van der Waals surface area contributed by atoms with Gasteiger partial charge in [0.2, 0.25) is 0 Å². The molecule has 2 aromatic carbocycles. The summed E-state index contributed by atoms with van der Waals surface area (Å²) in [5.41, 5.74) is 1.74. The van der Waals surface area contributed by atoms with Crippen LogP contribution in [0, 0.1) is 18.6 Å². The van der Waals surface area contributed by atoms with Crippen LogP contribution in [0.4, 0.5) is 14.5 Å². The standard InChI is InChI=1S/C19H15F2NO3/c1-11-5-3-4-6-15(11)22(2)19(24)17-8-7-16(25-17)12-9-13(20)18(23)14(21)10-12/h3-10,23H,1-2H3. The van der Waals surface area contributed by atoms with Gasteiger partial charge in [-0.1, -0.05) is 18.2 Å². The minimum Gasteiger partial charge on any atom is -0.503 e. The minimum absolute atomic E-state index is 0.0367. The van der Waals surface area contributed by atoms with Gasteiger partial charge in [-0.25, -0.2) is 8.78 Å². The first-order chi connectivity index (χ1) is 11.9. The molecular weight excluding hydrogens is 328 g/mol. The highest BCUT2D eigenvalue weighted by Crippen LogP contribution is 2.30. The minimum atomic E-state index is -1.10. The molecule has 6 heteroatoms. The number of carbonyl (C=O) groups is 1. The van der Waals surface area contributed by atoms with Gasteiger partial charge < -0.3 is 14.4 Å². The molecule has 3 aromatic rings. The fourth-order valence-corrected chi connectivity index (χ4v) is 2.53. The smallest absolute Gasteiger partial charge is 0.293 e. The number of rotatable bonds is 3. The molecule has 0 saturated heterocycles. The number of halogens is 2. The van der Waals surface area contributed by atoms with Gasteiger partial charge in [0.25, 0.3) is 5.91 Å². The molecule has 1 N–H and O–H groups in total. The Morgan fingerprint density at radius 1 is 1.08 bits per heavy atom. The van der Waals surface area contributed by atoms with Crippen LogP contribution in [0.2, 0.25) is 0 Å². The molecule has 25 heavy (non-hydrogen) atoms. The molecule has 0 radical (unpaired) electrons. The van der Waals surface area contributed by atoms with Crippen LogP contribution in [0.3, 0.4) is 0 Å². The maximum absolute atomic E-state index is 13.5. The van der Waals surface area contributed by atoms with Crippen molar-refractivity contribution in [3.05, 3.63) is 71.5 Å². The lowest BCUT2D eigenvalue weighted by Crippen LogP contribution is -2.26. The Morgan fingerprint density at radius 2 is 1.72 bits per heavy atom. The third-order valence-electron chi connectivity index (χ3n) is 3.90. The maximum Gasteiger partial charge on any atom is 0.293 e. The van der Waals surface area contributed by atoms with Crippen LogP contribution in [-0.2, 0) is 0 Å². The summed E-state index contributed by atoms with van der Waals surface area (Å²) in [6.45, 7) is 1.88. The number of anilines is 1. The van der Waals surface area contributed by atoms with Gasteiger partial charge in [-0.2, -0.15) is 0 Å². The van der Waals surface area contributed by atoms with Crippen LogP contribution in [0.25, 0.3) is 11.3 Å². The summed E-state index contributed by atoms with van der Waals surface area (Å²) in [5.74, 6) is -3.48. The molecule has 3 rings (SSSR count). The van der Waals surface area contributed by atoms with Crippen molar-refractivity contribution in [2.45, 2.75) is 6.92 Å². The van der Waals surface area contributed by atoms with Crippen LogP contribution < -0.4 is 4.90 Å². The predicted octanol–water partition coefficient (Wildman–Crippen LogP) is 4.52. The summed E-state index contributed by atoms with van der Waals surface area (Å²) < 4.78 is 32.4. The first-order valence-electron chi connectivity index (χ1n) is 7.50. The average Bonchev–Trinajstić information content (AvgIpc) is 3.08. The van der Waals surface area contributed by atoms with Gasteiger partial charge in [-0.3, -0.25) is 4.79 Å². The van der Waals surface area contributed by atoms with Crippen molar-refractivity contribution in [3.8, 4) is 17.1 Å². The average molecular weight is 343 g/mol. The quantitative estimate of drug-likeness (QED) is 0.761. The zero-order chi connectivity index (χ0) is 18.1. The summed E-state index contributed by atoms with van der Waals surface area (Å²) in [5, 5.41) is 9.15. The number of phenols is 1. The summed E-state index contributed by atoms with van der Waals surface area (Å²) in [7, 11) is 1.62. The molecule has 0 aliphatic rings. The number of phenolic OH excluding ortho intramolecular Hbond substituents is 1. The number of hydrogen-bond donors (Lipinski definition) is 1.